The number of aryl methyl sites for hydroxylation is 1. The number of unbranched alkanes of at least 4 members (excludes halogenated alkanes) is 3. The van der Waals surface area contributed by atoms with E-state index < -0.39 is 11.7 Å². The lowest BCUT2D eigenvalue weighted by molar-refractivity contribution is -0.121. The number of ether oxygens (including phenoxy) is 1. The number of rotatable bonds is 16. The Morgan fingerprint density at radius 1 is 0.953 bits per heavy atom. The Bertz CT molecular complexity index is 1360. The molecule has 0 unspecified atom stereocenters. The van der Waals surface area contributed by atoms with Crippen LogP contribution in [0.1, 0.15) is 76.0 Å². The number of thioether (sulfide) groups is 1. The molecule has 2 heterocycles. The third kappa shape index (κ3) is 13.4. The van der Waals surface area contributed by atoms with E-state index in [1.54, 1.807) is 30.7 Å². The van der Waals surface area contributed by atoms with Gasteiger partial charge in [0.05, 0.1) is 0 Å². The minimum Gasteiger partial charge on any atom is -0.444 e. The largest absolute Gasteiger partial charge is 0.444 e. The van der Waals surface area contributed by atoms with Crippen LogP contribution in [0, 0.1) is 5.82 Å². The van der Waals surface area contributed by atoms with Gasteiger partial charge in [-0.25, -0.2) is 19.2 Å². The van der Waals surface area contributed by atoms with Gasteiger partial charge in [0.15, 0.2) is 5.16 Å². The van der Waals surface area contributed by atoms with Crippen molar-refractivity contribution >= 4 is 23.8 Å². The molecule has 3 aromatic rings. The van der Waals surface area contributed by atoms with Gasteiger partial charge in [0, 0.05) is 62.4 Å². The SMILES string of the molecule is CC(C)(C)OC(=O)NCCCCCCNC(=O)CCCn1cc(Cc2cncnc2)c(=O)nc1SCc1ccc(F)cc1. The molecule has 232 valence electrons. The van der Waals surface area contributed by atoms with Crippen molar-refractivity contribution in [3.8, 4) is 0 Å². The Kier molecular flexibility index (Phi) is 13.6. The standard InChI is InChI=1S/C31H41FN6O4S/c1-31(2,3)42-30(41)36-15-7-5-4-6-14-35-27(39)9-8-16-38-20-25(17-24-18-33-22-34-19-24)28(40)37-29(38)43-21-23-10-12-26(32)13-11-23/h10-13,18-20,22H,4-9,14-17,21H2,1-3H3,(H,35,39)(H,36,41). The highest BCUT2D eigenvalue weighted by Crippen LogP contribution is 2.21. The molecule has 0 aliphatic rings. The molecule has 2 amide bonds. The van der Waals surface area contributed by atoms with Crippen molar-refractivity contribution in [3.63, 3.8) is 0 Å². The van der Waals surface area contributed by atoms with Crippen LogP contribution in [0.4, 0.5) is 9.18 Å². The number of amides is 2. The molecule has 0 saturated heterocycles. The number of nitrogens with one attached hydrogen (secondary N) is 2. The van der Waals surface area contributed by atoms with E-state index in [4.69, 9.17) is 4.74 Å². The number of benzene rings is 1. The fourth-order valence-electron chi connectivity index (χ4n) is 4.12. The van der Waals surface area contributed by atoms with Crippen molar-refractivity contribution in [2.45, 2.75) is 88.8 Å². The zero-order chi connectivity index (χ0) is 31.1. The summed E-state index contributed by atoms with van der Waals surface area (Å²) in [5, 5.41) is 6.26. The van der Waals surface area contributed by atoms with Crippen LogP contribution in [-0.2, 0) is 28.2 Å². The molecule has 0 radical (unpaired) electrons. The second-order valence-corrected chi connectivity index (χ2v) is 12.1. The average Bonchev–Trinajstić information content (AvgIpc) is 2.95. The predicted molar refractivity (Wildman–Crippen MR) is 164 cm³/mol. The van der Waals surface area contributed by atoms with E-state index in [1.807, 2.05) is 25.3 Å². The highest BCUT2D eigenvalue weighted by atomic mass is 32.2. The van der Waals surface area contributed by atoms with Crippen LogP contribution in [-0.4, -0.2) is 50.2 Å². The first kappa shape index (κ1) is 33.7. The highest BCUT2D eigenvalue weighted by Gasteiger charge is 2.15. The Balaban J connectivity index is 1.44. The van der Waals surface area contributed by atoms with Crippen LogP contribution in [0.25, 0.3) is 0 Å². The Hall–Kier alpha value is -3.80. The van der Waals surface area contributed by atoms with Crippen molar-refractivity contribution in [3.05, 3.63) is 82.0 Å². The van der Waals surface area contributed by atoms with Crippen molar-refractivity contribution in [2.24, 2.45) is 0 Å². The molecule has 43 heavy (non-hydrogen) atoms. The smallest absolute Gasteiger partial charge is 0.407 e. The summed E-state index contributed by atoms with van der Waals surface area (Å²) in [5.41, 5.74) is 1.41. The van der Waals surface area contributed by atoms with E-state index in [0.717, 1.165) is 36.8 Å². The number of halogens is 1. The summed E-state index contributed by atoms with van der Waals surface area (Å²) in [7, 11) is 0. The first-order valence-corrected chi connectivity index (χ1v) is 15.5. The lowest BCUT2D eigenvalue weighted by Gasteiger charge is -2.19. The van der Waals surface area contributed by atoms with Gasteiger partial charge in [-0.15, -0.1) is 0 Å². The lowest BCUT2D eigenvalue weighted by Crippen LogP contribution is -2.33. The summed E-state index contributed by atoms with van der Waals surface area (Å²) >= 11 is 1.40. The van der Waals surface area contributed by atoms with Crippen molar-refractivity contribution in [1.82, 2.24) is 30.2 Å². The number of hydrogen-bond acceptors (Lipinski definition) is 8. The zero-order valence-electron chi connectivity index (χ0n) is 25.1. The minimum absolute atomic E-state index is 0.0252. The van der Waals surface area contributed by atoms with Gasteiger partial charge in [-0.05, 0) is 63.3 Å². The van der Waals surface area contributed by atoms with Crippen LogP contribution >= 0.6 is 11.8 Å². The number of carbonyl (C=O) groups excluding carboxylic acids is 2. The number of hydrogen-bond donors (Lipinski definition) is 2. The molecule has 0 saturated carbocycles. The molecule has 1 aromatic carbocycles. The van der Waals surface area contributed by atoms with Gasteiger partial charge in [-0.2, -0.15) is 4.98 Å². The topological polar surface area (TPSA) is 128 Å². The number of nitrogens with zero attached hydrogens (tertiary/aromatic N) is 4. The second kappa shape index (κ2) is 17.3. The first-order valence-electron chi connectivity index (χ1n) is 14.5. The first-order chi connectivity index (χ1) is 20.6. The molecule has 3 rings (SSSR count). The van der Waals surface area contributed by atoms with Crippen LogP contribution < -0.4 is 16.2 Å². The quantitative estimate of drug-likeness (QED) is 0.131. The van der Waals surface area contributed by atoms with Gasteiger partial charge >= 0.3 is 6.09 Å². The van der Waals surface area contributed by atoms with Crippen LogP contribution in [0.2, 0.25) is 0 Å². The van der Waals surface area contributed by atoms with Gasteiger partial charge < -0.3 is 19.9 Å². The molecular weight excluding hydrogens is 571 g/mol. The number of aromatic nitrogens is 4. The van der Waals surface area contributed by atoms with E-state index in [-0.39, 0.29) is 17.3 Å². The summed E-state index contributed by atoms with van der Waals surface area (Å²) in [5.74, 6) is 0.197. The number of alkyl carbamates (subject to hydrolysis) is 1. The van der Waals surface area contributed by atoms with E-state index in [2.05, 4.69) is 25.6 Å². The average molecular weight is 613 g/mol. The summed E-state index contributed by atoms with van der Waals surface area (Å²) in [6.45, 7) is 7.15. The Morgan fingerprint density at radius 2 is 1.63 bits per heavy atom. The summed E-state index contributed by atoms with van der Waals surface area (Å²) < 4.78 is 20.4. The maximum atomic E-state index is 13.3. The fraction of sp³-hybridized carbons (Fsp3) is 0.484. The molecule has 0 fully saturated rings. The molecule has 0 atom stereocenters. The zero-order valence-corrected chi connectivity index (χ0v) is 25.9. The molecule has 10 nitrogen and oxygen atoms in total. The third-order valence-electron chi connectivity index (χ3n) is 6.22. The molecular formula is C31H41FN6O4S. The van der Waals surface area contributed by atoms with Crippen LogP contribution in [0.5, 0.6) is 0 Å². The molecule has 2 aromatic heterocycles. The lowest BCUT2D eigenvalue weighted by atomic mass is 10.1. The van der Waals surface area contributed by atoms with E-state index in [9.17, 15) is 18.8 Å². The van der Waals surface area contributed by atoms with Crippen LogP contribution in [0.15, 0.2) is 59.1 Å². The van der Waals surface area contributed by atoms with Gasteiger partial charge in [0.25, 0.3) is 5.56 Å². The minimum atomic E-state index is -0.507. The van der Waals surface area contributed by atoms with Crippen LogP contribution in [0.3, 0.4) is 0 Å². The van der Waals surface area contributed by atoms with Gasteiger partial charge in [0.1, 0.15) is 17.7 Å². The molecule has 0 spiro atoms. The second-order valence-electron chi connectivity index (χ2n) is 11.2. The normalized spacial score (nSPS) is 11.3. The summed E-state index contributed by atoms with van der Waals surface area (Å²) in [6.07, 6.45) is 11.0. The predicted octanol–water partition coefficient (Wildman–Crippen LogP) is 5.04. The van der Waals surface area contributed by atoms with Crippen molar-refractivity contribution < 1.29 is 18.7 Å². The van der Waals surface area contributed by atoms with E-state index >= 15 is 0 Å². The fourth-order valence-corrected chi connectivity index (χ4v) is 5.07. The van der Waals surface area contributed by atoms with Gasteiger partial charge in [-0.3, -0.25) is 9.59 Å². The third-order valence-corrected chi connectivity index (χ3v) is 7.28. The summed E-state index contributed by atoms with van der Waals surface area (Å²) in [4.78, 5) is 49.3. The summed E-state index contributed by atoms with van der Waals surface area (Å²) in [6, 6.07) is 6.23. The van der Waals surface area contributed by atoms with Gasteiger partial charge in [0.2, 0.25) is 5.91 Å². The Labute approximate surface area is 256 Å². The van der Waals surface area contributed by atoms with E-state index in [1.165, 1.54) is 30.2 Å². The molecule has 0 bridgehead atoms. The monoisotopic (exact) mass is 612 g/mol. The van der Waals surface area contributed by atoms with Gasteiger partial charge in [-0.1, -0.05) is 36.7 Å². The number of carbonyl (C=O) groups is 2. The molecule has 0 aliphatic carbocycles. The van der Waals surface area contributed by atoms with Crippen molar-refractivity contribution in [1.29, 1.82) is 0 Å². The molecule has 12 heteroatoms. The maximum Gasteiger partial charge on any atom is 0.407 e. The maximum absolute atomic E-state index is 13.3. The Morgan fingerprint density at radius 3 is 2.30 bits per heavy atom. The van der Waals surface area contributed by atoms with Crippen molar-refractivity contribution in [2.75, 3.05) is 13.1 Å². The molecule has 2 N–H and O–H groups in total. The molecule has 0 aliphatic heterocycles. The van der Waals surface area contributed by atoms with E-state index in [0.29, 0.717) is 55.4 Å². The highest BCUT2D eigenvalue weighted by molar-refractivity contribution is 7.98.